The Kier molecular flexibility index (Phi) is 7.63. The van der Waals surface area contributed by atoms with E-state index < -0.39 is 0 Å². The summed E-state index contributed by atoms with van der Waals surface area (Å²) in [5.74, 6) is 1.17. The van der Waals surface area contributed by atoms with E-state index in [2.05, 4.69) is 10.6 Å². The Hall–Kier alpha value is -1.26. The molecule has 1 aliphatic heterocycles. The van der Waals surface area contributed by atoms with Gasteiger partial charge in [-0.1, -0.05) is 38.5 Å². The second-order valence-electron chi connectivity index (χ2n) is 8.63. The van der Waals surface area contributed by atoms with Crippen LogP contribution in [0.5, 0.6) is 0 Å². The summed E-state index contributed by atoms with van der Waals surface area (Å²) in [7, 11) is 0. The summed E-state index contributed by atoms with van der Waals surface area (Å²) in [6.45, 7) is 2.52. The van der Waals surface area contributed by atoms with Crippen molar-refractivity contribution in [3.05, 3.63) is 0 Å². The van der Waals surface area contributed by atoms with Gasteiger partial charge in [0.25, 0.3) is 0 Å². The Labute approximate surface area is 158 Å². The fourth-order valence-corrected chi connectivity index (χ4v) is 4.85. The standard InChI is InChI=1S/C21H37N3O2/c25-20(18-7-3-1-4-8-18)22-14-11-17-12-15-24(16-13-17)21(26)23-19-9-5-2-6-10-19/h17-19H,1-16H2,(H,22,25)(H,23,26). The molecule has 5 nitrogen and oxygen atoms in total. The van der Waals surface area contributed by atoms with Crippen LogP contribution in [0.15, 0.2) is 0 Å². The lowest BCUT2D eigenvalue weighted by Crippen LogP contribution is -2.48. The lowest BCUT2D eigenvalue weighted by atomic mass is 9.88. The topological polar surface area (TPSA) is 61.4 Å². The summed E-state index contributed by atoms with van der Waals surface area (Å²) in [6, 6.07) is 0.532. The van der Waals surface area contributed by atoms with Crippen molar-refractivity contribution in [2.75, 3.05) is 19.6 Å². The minimum absolute atomic E-state index is 0.140. The van der Waals surface area contributed by atoms with Gasteiger partial charge in [-0.05, 0) is 50.9 Å². The number of nitrogens with one attached hydrogen (secondary N) is 2. The molecule has 5 heteroatoms. The van der Waals surface area contributed by atoms with Gasteiger partial charge >= 0.3 is 6.03 Å². The molecule has 0 aromatic heterocycles. The molecule has 0 spiro atoms. The Bertz CT molecular complexity index is 448. The summed E-state index contributed by atoms with van der Waals surface area (Å²) in [6.07, 6.45) is 15.1. The maximum atomic E-state index is 12.4. The van der Waals surface area contributed by atoms with Crippen LogP contribution in [0.3, 0.4) is 0 Å². The summed E-state index contributed by atoms with van der Waals surface area (Å²) < 4.78 is 0. The summed E-state index contributed by atoms with van der Waals surface area (Å²) in [5.41, 5.74) is 0. The molecule has 3 rings (SSSR count). The van der Waals surface area contributed by atoms with Gasteiger partial charge in [0.15, 0.2) is 0 Å². The predicted octanol–water partition coefficient (Wildman–Crippen LogP) is 3.83. The highest BCUT2D eigenvalue weighted by molar-refractivity contribution is 5.78. The predicted molar refractivity (Wildman–Crippen MR) is 104 cm³/mol. The van der Waals surface area contributed by atoms with E-state index in [4.69, 9.17) is 0 Å². The van der Waals surface area contributed by atoms with E-state index in [0.717, 1.165) is 64.6 Å². The first-order valence-electron chi connectivity index (χ1n) is 11.1. The van der Waals surface area contributed by atoms with Crippen molar-refractivity contribution < 1.29 is 9.59 Å². The molecule has 0 bridgehead atoms. The highest BCUT2D eigenvalue weighted by Gasteiger charge is 2.25. The fraction of sp³-hybridized carbons (Fsp3) is 0.905. The van der Waals surface area contributed by atoms with E-state index >= 15 is 0 Å². The van der Waals surface area contributed by atoms with E-state index in [-0.39, 0.29) is 17.9 Å². The van der Waals surface area contributed by atoms with Crippen LogP contribution in [0.1, 0.15) is 83.5 Å². The molecule has 3 fully saturated rings. The largest absolute Gasteiger partial charge is 0.356 e. The minimum atomic E-state index is 0.140. The zero-order valence-electron chi connectivity index (χ0n) is 16.3. The van der Waals surface area contributed by atoms with Crippen LogP contribution >= 0.6 is 0 Å². The van der Waals surface area contributed by atoms with Crippen molar-refractivity contribution in [1.82, 2.24) is 15.5 Å². The fourth-order valence-electron chi connectivity index (χ4n) is 4.85. The first-order valence-corrected chi connectivity index (χ1v) is 11.1. The van der Waals surface area contributed by atoms with Crippen molar-refractivity contribution in [3.8, 4) is 0 Å². The van der Waals surface area contributed by atoms with Gasteiger partial charge in [-0.3, -0.25) is 4.79 Å². The van der Waals surface area contributed by atoms with E-state index in [1.165, 1.54) is 38.5 Å². The number of rotatable bonds is 5. The minimum Gasteiger partial charge on any atom is -0.356 e. The molecule has 0 unspecified atom stereocenters. The van der Waals surface area contributed by atoms with E-state index in [1.807, 2.05) is 4.90 Å². The summed E-state index contributed by atoms with van der Waals surface area (Å²) >= 11 is 0. The van der Waals surface area contributed by atoms with Crippen LogP contribution in [-0.2, 0) is 4.79 Å². The normalized spacial score (nSPS) is 23.6. The quantitative estimate of drug-likeness (QED) is 0.780. The molecule has 26 heavy (non-hydrogen) atoms. The third-order valence-electron chi connectivity index (χ3n) is 6.66. The molecule has 148 valence electrons. The highest BCUT2D eigenvalue weighted by atomic mass is 16.2. The Morgan fingerprint density at radius 1 is 0.808 bits per heavy atom. The molecule has 0 atom stereocenters. The van der Waals surface area contributed by atoms with Gasteiger partial charge < -0.3 is 15.5 Å². The first kappa shape index (κ1) is 19.5. The number of hydrogen-bond donors (Lipinski definition) is 2. The average Bonchev–Trinajstić information content (AvgIpc) is 2.70. The molecule has 2 aliphatic carbocycles. The Balaban J connectivity index is 1.28. The van der Waals surface area contributed by atoms with Crippen molar-refractivity contribution >= 4 is 11.9 Å². The maximum absolute atomic E-state index is 12.4. The van der Waals surface area contributed by atoms with Gasteiger partial charge in [-0.15, -0.1) is 0 Å². The van der Waals surface area contributed by atoms with Gasteiger partial charge in [0.1, 0.15) is 0 Å². The van der Waals surface area contributed by atoms with Crippen molar-refractivity contribution in [2.45, 2.75) is 89.5 Å². The van der Waals surface area contributed by atoms with Gasteiger partial charge in [0, 0.05) is 31.6 Å². The molecule has 0 radical (unpaired) electrons. The van der Waals surface area contributed by atoms with Gasteiger partial charge in [-0.25, -0.2) is 4.79 Å². The Morgan fingerprint density at radius 2 is 1.42 bits per heavy atom. The molecule has 3 amide bonds. The van der Waals surface area contributed by atoms with Crippen LogP contribution in [0, 0.1) is 11.8 Å². The van der Waals surface area contributed by atoms with Gasteiger partial charge in [-0.2, -0.15) is 0 Å². The zero-order chi connectivity index (χ0) is 18.2. The van der Waals surface area contributed by atoms with Gasteiger partial charge in [0.05, 0.1) is 0 Å². The van der Waals surface area contributed by atoms with Crippen molar-refractivity contribution in [1.29, 1.82) is 0 Å². The average molecular weight is 364 g/mol. The number of carbonyl (C=O) groups excluding carboxylic acids is 2. The lowest BCUT2D eigenvalue weighted by Gasteiger charge is -2.34. The number of urea groups is 1. The smallest absolute Gasteiger partial charge is 0.317 e. The molecule has 1 heterocycles. The third-order valence-corrected chi connectivity index (χ3v) is 6.66. The number of nitrogens with zero attached hydrogens (tertiary/aromatic N) is 1. The van der Waals surface area contributed by atoms with E-state index in [0.29, 0.717) is 12.0 Å². The monoisotopic (exact) mass is 363 g/mol. The molecule has 2 saturated carbocycles. The van der Waals surface area contributed by atoms with Crippen molar-refractivity contribution in [3.63, 3.8) is 0 Å². The molecule has 3 aliphatic rings. The van der Waals surface area contributed by atoms with Crippen LogP contribution in [-0.4, -0.2) is 42.5 Å². The molecule has 2 N–H and O–H groups in total. The van der Waals surface area contributed by atoms with Crippen LogP contribution in [0.2, 0.25) is 0 Å². The zero-order valence-corrected chi connectivity index (χ0v) is 16.3. The second kappa shape index (κ2) is 10.2. The number of likely N-dealkylation sites (tertiary alicyclic amines) is 1. The van der Waals surface area contributed by atoms with Crippen LogP contribution < -0.4 is 10.6 Å². The number of carbonyl (C=O) groups is 2. The Morgan fingerprint density at radius 3 is 2.08 bits per heavy atom. The molecule has 0 aromatic rings. The molecule has 1 saturated heterocycles. The number of amides is 3. The van der Waals surface area contributed by atoms with Gasteiger partial charge in [0.2, 0.25) is 5.91 Å². The molecule has 0 aromatic carbocycles. The molecular weight excluding hydrogens is 326 g/mol. The van der Waals surface area contributed by atoms with E-state index in [1.54, 1.807) is 0 Å². The highest BCUT2D eigenvalue weighted by Crippen LogP contribution is 2.24. The van der Waals surface area contributed by atoms with Crippen LogP contribution in [0.4, 0.5) is 4.79 Å². The SMILES string of the molecule is O=C(NCCC1CCN(C(=O)NC2CCCCC2)CC1)C1CCCCC1. The summed E-state index contributed by atoms with van der Waals surface area (Å²) in [4.78, 5) is 26.6. The summed E-state index contributed by atoms with van der Waals surface area (Å²) in [5, 5.41) is 6.38. The number of piperidine rings is 1. The van der Waals surface area contributed by atoms with E-state index in [9.17, 15) is 9.59 Å². The second-order valence-corrected chi connectivity index (χ2v) is 8.63. The number of hydrogen-bond acceptors (Lipinski definition) is 2. The van der Waals surface area contributed by atoms with Crippen LogP contribution in [0.25, 0.3) is 0 Å². The maximum Gasteiger partial charge on any atom is 0.317 e. The molecular formula is C21H37N3O2. The van der Waals surface area contributed by atoms with Crippen molar-refractivity contribution in [2.24, 2.45) is 11.8 Å². The first-order chi connectivity index (χ1) is 12.7. The third kappa shape index (κ3) is 5.88. The lowest BCUT2D eigenvalue weighted by molar-refractivity contribution is -0.125.